The molecule has 0 aliphatic carbocycles. The van der Waals surface area contributed by atoms with Crippen LogP contribution in [0.15, 0.2) is 58.3 Å². The molecule has 0 aliphatic heterocycles. The molecule has 0 radical (unpaired) electrons. The number of nitrogens with zero attached hydrogens (tertiary/aromatic N) is 1. The summed E-state index contributed by atoms with van der Waals surface area (Å²) in [5.41, 5.74) is 1.82. The molecule has 136 valence electrons. The number of ether oxygens (including phenoxy) is 2. The van der Waals surface area contributed by atoms with Crippen LogP contribution in [-0.2, 0) is 0 Å². The molecule has 0 fully saturated rings. The fourth-order valence-electron chi connectivity index (χ4n) is 2.70. The van der Waals surface area contributed by atoms with E-state index in [0.29, 0.717) is 39.2 Å². The summed E-state index contributed by atoms with van der Waals surface area (Å²) in [7, 11) is 3.17. The Morgan fingerprint density at radius 1 is 1.11 bits per heavy atom. The van der Waals surface area contributed by atoms with Crippen molar-refractivity contribution in [3.05, 3.63) is 59.5 Å². The lowest BCUT2D eigenvalue weighted by atomic mass is 10.2. The molecule has 7 heteroatoms. The van der Waals surface area contributed by atoms with E-state index in [1.807, 2.05) is 29.6 Å². The van der Waals surface area contributed by atoms with Gasteiger partial charge >= 0.3 is 0 Å². The molecule has 2 heterocycles. The number of hydrogen-bond acceptors (Lipinski definition) is 6. The van der Waals surface area contributed by atoms with Gasteiger partial charge in [0.05, 0.1) is 14.2 Å². The van der Waals surface area contributed by atoms with Crippen LogP contribution in [-0.4, -0.2) is 25.1 Å². The highest BCUT2D eigenvalue weighted by molar-refractivity contribution is 7.14. The number of nitrogens with one attached hydrogen (secondary N) is 1. The van der Waals surface area contributed by atoms with E-state index in [4.69, 9.17) is 13.9 Å². The van der Waals surface area contributed by atoms with Crippen LogP contribution in [0.4, 0.5) is 5.13 Å². The summed E-state index contributed by atoms with van der Waals surface area (Å²) in [5, 5.41) is 6.06. The number of rotatable bonds is 5. The van der Waals surface area contributed by atoms with Crippen LogP contribution in [0.3, 0.4) is 0 Å². The topological polar surface area (TPSA) is 73.6 Å². The van der Waals surface area contributed by atoms with E-state index in [1.54, 1.807) is 38.5 Å². The molecule has 2 aromatic carbocycles. The Morgan fingerprint density at radius 2 is 1.96 bits per heavy atom. The van der Waals surface area contributed by atoms with Gasteiger partial charge in [0.25, 0.3) is 5.91 Å². The SMILES string of the molecule is COc1cccc(C(=O)Nc2nc(-c3cc4cccc(OC)c4o3)cs2)c1. The van der Waals surface area contributed by atoms with E-state index in [2.05, 4.69) is 10.3 Å². The van der Waals surface area contributed by atoms with Crippen molar-refractivity contribution in [1.29, 1.82) is 0 Å². The molecule has 0 bridgehead atoms. The zero-order valence-electron chi connectivity index (χ0n) is 14.7. The molecule has 0 saturated heterocycles. The Balaban J connectivity index is 1.57. The lowest BCUT2D eigenvalue weighted by Gasteiger charge is -2.04. The van der Waals surface area contributed by atoms with Crippen LogP contribution < -0.4 is 14.8 Å². The predicted molar refractivity (Wildman–Crippen MR) is 105 cm³/mol. The van der Waals surface area contributed by atoms with Crippen molar-refractivity contribution in [2.24, 2.45) is 0 Å². The molecule has 0 spiro atoms. The van der Waals surface area contributed by atoms with Crippen LogP contribution in [0.2, 0.25) is 0 Å². The second-order valence-corrected chi connectivity index (χ2v) is 6.57. The first-order chi connectivity index (χ1) is 13.2. The summed E-state index contributed by atoms with van der Waals surface area (Å²) in [6.07, 6.45) is 0. The van der Waals surface area contributed by atoms with Gasteiger partial charge in [-0.15, -0.1) is 11.3 Å². The van der Waals surface area contributed by atoms with E-state index in [1.165, 1.54) is 11.3 Å². The second-order valence-electron chi connectivity index (χ2n) is 5.71. The van der Waals surface area contributed by atoms with E-state index in [-0.39, 0.29) is 5.91 Å². The summed E-state index contributed by atoms with van der Waals surface area (Å²) in [5.74, 6) is 1.66. The first kappa shape index (κ1) is 17.1. The highest BCUT2D eigenvalue weighted by atomic mass is 32.1. The quantitative estimate of drug-likeness (QED) is 0.537. The maximum absolute atomic E-state index is 12.4. The molecule has 1 N–H and O–H groups in total. The maximum Gasteiger partial charge on any atom is 0.257 e. The van der Waals surface area contributed by atoms with Crippen LogP contribution in [0.1, 0.15) is 10.4 Å². The third-order valence-corrected chi connectivity index (χ3v) is 4.79. The van der Waals surface area contributed by atoms with E-state index < -0.39 is 0 Å². The Hall–Kier alpha value is -3.32. The molecule has 0 aliphatic rings. The van der Waals surface area contributed by atoms with Crippen molar-refractivity contribution in [2.75, 3.05) is 19.5 Å². The first-order valence-corrected chi connectivity index (χ1v) is 9.04. The van der Waals surface area contributed by atoms with Crippen molar-refractivity contribution in [1.82, 2.24) is 4.98 Å². The Bertz CT molecular complexity index is 1120. The lowest BCUT2D eigenvalue weighted by molar-refractivity contribution is 0.102. The number of carbonyl (C=O) groups is 1. The standard InChI is InChI=1S/C20H16N2O4S/c1-24-14-7-3-6-13(9-14)19(23)22-20-21-15(11-27-20)17-10-12-5-4-8-16(25-2)18(12)26-17/h3-11H,1-2H3,(H,21,22,23). The van der Waals surface area contributed by atoms with Gasteiger partial charge in [-0.1, -0.05) is 18.2 Å². The minimum Gasteiger partial charge on any atom is -0.497 e. The van der Waals surface area contributed by atoms with Gasteiger partial charge < -0.3 is 13.9 Å². The van der Waals surface area contributed by atoms with Gasteiger partial charge in [0.1, 0.15) is 11.4 Å². The molecule has 0 unspecified atom stereocenters. The summed E-state index contributed by atoms with van der Waals surface area (Å²) in [6.45, 7) is 0. The van der Waals surface area contributed by atoms with E-state index >= 15 is 0 Å². The lowest BCUT2D eigenvalue weighted by Crippen LogP contribution is -2.11. The van der Waals surface area contributed by atoms with Gasteiger partial charge in [0, 0.05) is 16.3 Å². The Morgan fingerprint density at radius 3 is 2.78 bits per heavy atom. The van der Waals surface area contributed by atoms with Gasteiger partial charge in [-0.3, -0.25) is 10.1 Å². The summed E-state index contributed by atoms with van der Waals surface area (Å²) in [4.78, 5) is 16.9. The van der Waals surface area contributed by atoms with Crippen LogP contribution in [0, 0.1) is 0 Å². The number of aromatic nitrogens is 1. The molecule has 1 amide bonds. The Kier molecular flexibility index (Phi) is 4.52. The summed E-state index contributed by atoms with van der Waals surface area (Å²) < 4.78 is 16.4. The second kappa shape index (κ2) is 7.13. The van der Waals surface area contributed by atoms with Crippen molar-refractivity contribution in [2.45, 2.75) is 0 Å². The highest BCUT2D eigenvalue weighted by Gasteiger charge is 2.15. The van der Waals surface area contributed by atoms with Gasteiger partial charge in [0.2, 0.25) is 0 Å². The molecular weight excluding hydrogens is 364 g/mol. The van der Waals surface area contributed by atoms with E-state index in [0.717, 1.165) is 5.39 Å². The minimum absolute atomic E-state index is 0.249. The average Bonchev–Trinajstić information content (AvgIpc) is 3.34. The predicted octanol–water partition coefficient (Wildman–Crippen LogP) is 4.83. The number of benzene rings is 2. The van der Waals surface area contributed by atoms with Gasteiger partial charge in [0.15, 0.2) is 22.2 Å². The molecule has 0 atom stereocenters. The number of methoxy groups -OCH3 is 2. The number of anilines is 1. The van der Waals surface area contributed by atoms with Crippen LogP contribution in [0.25, 0.3) is 22.4 Å². The molecule has 0 saturated carbocycles. The van der Waals surface area contributed by atoms with Crippen molar-refractivity contribution >= 4 is 33.3 Å². The average molecular weight is 380 g/mol. The largest absolute Gasteiger partial charge is 0.497 e. The number of amides is 1. The fraction of sp³-hybridized carbons (Fsp3) is 0.100. The molecule has 2 aromatic heterocycles. The van der Waals surface area contributed by atoms with Gasteiger partial charge in [-0.2, -0.15) is 0 Å². The molecule has 4 aromatic rings. The molecule has 27 heavy (non-hydrogen) atoms. The number of carbonyl (C=O) groups excluding carboxylic acids is 1. The van der Waals surface area contributed by atoms with Crippen molar-refractivity contribution < 1.29 is 18.7 Å². The number of para-hydroxylation sites is 1. The molecular formula is C20H16N2O4S. The summed E-state index contributed by atoms with van der Waals surface area (Å²) >= 11 is 1.33. The van der Waals surface area contributed by atoms with Gasteiger partial charge in [-0.25, -0.2) is 4.98 Å². The third kappa shape index (κ3) is 3.37. The highest BCUT2D eigenvalue weighted by Crippen LogP contribution is 2.34. The fourth-order valence-corrected chi connectivity index (χ4v) is 3.40. The first-order valence-electron chi connectivity index (χ1n) is 8.16. The number of fused-ring (bicyclic) bond motifs is 1. The minimum atomic E-state index is -0.249. The number of hydrogen-bond donors (Lipinski definition) is 1. The van der Waals surface area contributed by atoms with Crippen LogP contribution in [0.5, 0.6) is 11.5 Å². The molecule has 4 rings (SSSR count). The van der Waals surface area contributed by atoms with Crippen molar-refractivity contribution in [3.63, 3.8) is 0 Å². The van der Waals surface area contributed by atoms with Crippen LogP contribution >= 0.6 is 11.3 Å². The van der Waals surface area contributed by atoms with Gasteiger partial charge in [-0.05, 0) is 30.3 Å². The van der Waals surface area contributed by atoms with Crippen molar-refractivity contribution in [3.8, 4) is 23.0 Å². The zero-order chi connectivity index (χ0) is 18.8. The normalized spacial score (nSPS) is 10.7. The Labute approximate surface area is 159 Å². The number of furan rings is 1. The molecule has 6 nitrogen and oxygen atoms in total. The number of thiazole rings is 1. The van der Waals surface area contributed by atoms with E-state index in [9.17, 15) is 4.79 Å². The smallest absolute Gasteiger partial charge is 0.257 e. The third-order valence-electron chi connectivity index (χ3n) is 4.04. The zero-order valence-corrected chi connectivity index (χ0v) is 15.5. The summed E-state index contributed by atoms with van der Waals surface area (Å²) in [6, 6.07) is 14.5. The maximum atomic E-state index is 12.4. The monoisotopic (exact) mass is 380 g/mol.